The van der Waals surface area contributed by atoms with Gasteiger partial charge in [0.2, 0.25) is 0 Å². The summed E-state index contributed by atoms with van der Waals surface area (Å²) in [5.41, 5.74) is 0. The summed E-state index contributed by atoms with van der Waals surface area (Å²) in [6, 6.07) is 17.0. The maximum atomic E-state index is 9.41. The molecular formula is C15H15IO3. The van der Waals surface area contributed by atoms with Crippen LogP contribution in [0.4, 0.5) is 0 Å². The van der Waals surface area contributed by atoms with Crippen LogP contribution in [0.25, 0.3) is 0 Å². The minimum Gasteiger partial charge on any atom is -0.491 e. The molecule has 1 unspecified atom stereocenters. The lowest BCUT2D eigenvalue weighted by molar-refractivity contribution is 0.128. The molecule has 100 valence electrons. The summed E-state index contributed by atoms with van der Waals surface area (Å²) in [5.74, 6) is 2.29. The molecule has 0 heterocycles. The summed E-state index contributed by atoms with van der Waals surface area (Å²) in [5, 5.41) is 9.41. The molecule has 19 heavy (non-hydrogen) atoms. The third-order valence-corrected chi connectivity index (χ3v) is 3.44. The summed E-state index contributed by atoms with van der Waals surface area (Å²) in [4.78, 5) is 0. The Bertz CT molecular complexity index is 485. The van der Waals surface area contributed by atoms with Gasteiger partial charge in [0.25, 0.3) is 0 Å². The summed E-state index contributed by atoms with van der Waals surface area (Å²) in [6.45, 7) is 0.307. The fourth-order valence-corrected chi connectivity index (χ4v) is 1.72. The number of alkyl halides is 1. The lowest BCUT2D eigenvalue weighted by atomic mass is 10.3. The number of hydrogen-bond acceptors (Lipinski definition) is 3. The van der Waals surface area contributed by atoms with Crippen LogP contribution in [0.3, 0.4) is 0 Å². The maximum Gasteiger partial charge on any atom is 0.127 e. The molecule has 0 aliphatic rings. The number of ether oxygens (including phenoxy) is 2. The van der Waals surface area contributed by atoms with Crippen LogP contribution >= 0.6 is 22.6 Å². The van der Waals surface area contributed by atoms with E-state index in [0.717, 1.165) is 17.2 Å². The predicted octanol–water partition coefficient (Wildman–Crippen LogP) is 3.65. The van der Waals surface area contributed by atoms with Crippen molar-refractivity contribution in [2.24, 2.45) is 0 Å². The fourth-order valence-electron chi connectivity index (χ4n) is 1.47. The number of aliphatic hydroxyl groups excluding tert-OH is 1. The molecule has 2 aromatic carbocycles. The van der Waals surface area contributed by atoms with Crippen molar-refractivity contribution in [1.82, 2.24) is 0 Å². The van der Waals surface area contributed by atoms with Gasteiger partial charge in [-0.2, -0.15) is 0 Å². The van der Waals surface area contributed by atoms with Crippen LogP contribution < -0.4 is 9.47 Å². The van der Waals surface area contributed by atoms with Gasteiger partial charge in [0.1, 0.15) is 23.9 Å². The number of benzene rings is 2. The zero-order valence-corrected chi connectivity index (χ0v) is 12.5. The smallest absolute Gasteiger partial charge is 0.127 e. The van der Waals surface area contributed by atoms with E-state index in [-0.39, 0.29) is 0 Å². The third-order valence-electron chi connectivity index (χ3n) is 2.42. The van der Waals surface area contributed by atoms with Crippen molar-refractivity contribution in [2.45, 2.75) is 6.10 Å². The number of para-hydroxylation sites is 1. The Labute approximate surface area is 126 Å². The van der Waals surface area contributed by atoms with Crippen molar-refractivity contribution < 1.29 is 14.6 Å². The highest BCUT2D eigenvalue weighted by atomic mass is 127. The second-order valence-corrected chi connectivity index (χ2v) is 4.89. The van der Waals surface area contributed by atoms with E-state index in [4.69, 9.17) is 9.47 Å². The van der Waals surface area contributed by atoms with Crippen LogP contribution in [0.1, 0.15) is 0 Å². The van der Waals surface area contributed by atoms with E-state index in [0.29, 0.717) is 11.0 Å². The third kappa shape index (κ3) is 4.72. The SMILES string of the molecule is OC(CI)COc1ccc(Oc2ccccc2)cc1. The largest absolute Gasteiger partial charge is 0.491 e. The van der Waals surface area contributed by atoms with Crippen LogP contribution in [0, 0.1) is 0 Å². The molecule has 0 amide bonds. The van der Waals surface area contributed by atoms with Gasteiger partial charge in [-0.05, 0) is 36.4 Å². The van der Waals surface area contributed by atoms with Crippen molar-refractivity contribution >= 4 is 22.6 Å². The van der Waals surface area contributed by atoms with E-state index in [1.54, 1.807) is 0 Å². The molecule has 2 rings (SSSR count). The summed E-state index contributed by atoms with van der Waals surface area (Å²) in [7, 11) is 0. The molecule has 0 radical (unpaired) electrons. The molecule has 0 aliphatic carbocycles. The van der Waals surface area contributed by atoms with Crippen molar-refractivity contribution in [3.8, 4) is 17.2 Å². The summed E-state index contributed by atoms with van der Waals surface area (Å²) < 4.78 is 11.8. The second kappa shape index (κ2) is 7.35. The van der Waals surface area contributed by atoms with Crippen LogP contribution in [-0.2, 0) is 0 Å². The monoisotopic (exact) mass is 370 g/mol. The average molecular weight is 370 g/mol. The van der Waals surface area contributed by atoms with Gasteiger partial charge in [-0.1, -0.05) is 40.8 Å². The lowest BCUT2D eigenvalue weighted by Crippen LogP contribution is -2.18. The fraction of sp³-hybridized carbons (Fsp3) is 0.200. The molecule has 0 spiro atoms. The highest BCUT2D eigenvalue weighted by molar-refractivity contribution is 14.1. The Morgan fingerprint density at radius 3 is 2.11 bits per heavy atom. The minimum absolute atomic E-state index is 0.307. The van der Waals surface area contributed by atoms with E-state index in [2.05, 4.69) is 22.6 Å². The number of rotatable bonds is 6. The molecule has 0 aliphatic heterocycles. The Balaban J connectivity index is 1.91. The highest BCUT2D eigenvalue weighted by Gasteiger charge is 2.03. The van der Waals surface area contributed by atoms with Gasteiger partial charge in [-0.3, -0.25) is 0 Å². The van der Waals surface area contributed by atoms with Gasteiger partial charge in [0.15, 0.2) is 0 Å². The molecule has 4 heteroatoms. The van der Waals surface area contributed by atoms with Crippen molar-refractivity contribution in [2.75, 3.05) is 11.0 Å². The molecule has 3 nitrogen and oxygen atoms in total. The van der Waals surface area contributed by atoms with Crippen LogP contribution in [0.5, 0.6) is 17.2 Å². The highest BCUT2D eigenvalue weighted by Crippen LogP contribution is 2.23. The van der Waals surface area contributed by atoms with E-state index in [1.807, 2.05) is 54.6 Å². The minimum atomic E-state index is -0.430. The maximum absolute atomic E-state index is 9.41. The first kappa shape index (κ1) is 14.1. The van der Waals surface area contributed by atoms with Crippen LogP contribution in [0.15, 0.2) is 54.6 Å². The van der Waals surface area contributed by atoms with Crippen molar-refractivity contribution in [3.05, 3.63) is 54.6 Å². The molecule has 2 aromatic rings. The molecule has 0 saturated heterocycles. The van der Waals surface area contributed by atoms with Gasteiger partial charge >= 0.3 is 0 Å². The van der Waals surface area contributed by atoms with E-state index in [1.165, 1.54) is 0 Å². The molecule has 1 atom stereocenters. The Hall–Kier alpha value is -1.27. The second-order valence-electron chi connectivity index (χ2n) is 4.01. The van der Waals surface area contributed by atoms with Crippen LogP contribution in [0.2, 0.25) is 0 Å². The quantitative estimate of drug-likeness (QED) is 0.623. The van der Waals surface area contributed by atoms with Gasteiger partial charge < -0.3 is 14.6 Å². The van der Waals surface area contributed by atoms with Gasteiger partial charge in [-0.15, -0.1) is 0 Å². The molecule has 0 saturated carbocycles. The Morgan fingerprint density at radius 1 is 0.895 bits per heavy atom. The van der Waals surface area contributed by atoms with Crippen molar-refractivity contribution in [1.29, 1.82) is 0 Å². The van der Waals surface area contributed by atoms with E-state index >= 15 is 0 Å². The Morgan fingerprint density at radius 2 is 1.47 bits per heavy atom. The topological polar surface area (TPSA) is 38.7 Å². The number of hydrogen-bond donors (Lipinski definition) is 1. The van der Waals surface area contributed by atoms with Crippen molar-refractivity contribution in [3.63, 3.8) is 0 Å². The lowest BCUT2D eigenvalue weighted by Gasteiger charge is -2.10. The Kier molecular flexibility index (Phi) is 5.47. The van der Waals surface area contributed by atoms with E-state index in [9.17, 15) is 5.11 Å². The normalized spacial score (nSPS) is 11.9. The molecule has 0 bridgehead atoms. The van der Waals surface area contributed by atoms with Gasteiger partial charge in [-0.25, -0.2) is 0 Å². The zero-order valence-electron chi connectivity index (χ0n) is 10.3. The van der Waals surface area contributed by atoms with Gasteiger partial charge in [0, 0.05) is 4.43 Å². The van der Waals surface area contributed by atoms with E-state index < -0.39 is 6.10 Å². The summed E-state index contributed by atoms with van der Waals surface area (Å²) in [6.07, 6.45) is -0.430. The molecular weight excluding hydrogens is 355 g/mol. The molecule has 0 fully saturated rings. The first-order valence-corrected chi connectivity index (χ1v) is 7.50. The predicted molar refractivity (Wildman–Crippen MR) is 83.3 cm³/mol. The zero-order chi connectivity index (χ0) is 13.5. The number of halogens is 1. The molecule has 1 N–H and O–H groups in total. The average Bonchev–Trinajstić information content (AvgIpc) is 2.47. The van der Waals surface area contributed by atoms with Gasteiger partial charge in [0.05, 0.1) is 6.10 Å². The molecule has 0 aromatic heterocycles. The first-order valence-electron chi connectivity index (χ1n) is 5.98. The summed E-state index contributed by atoms with van der Waals surface area (Å²) >= 11 is 2.12. The standard InChI is InChI=1S/C15H15IO3/c16-10-12(17)11-18-13-6-8-15(9-7-13)19-14-4-2-1-3-5-14/h1-9,12,17H,10-11H2. The number of aliphatic hydroxyl groups is 1. The van der Waals surface area contributed by atoms with Crippen LogP contribution in [-0.4, -0.2) is 22.2 Å². The first-order chi connectivity index (χ1) is 9.28.